The second-order valence-corrected chi connectivity index (χ2v) is 7.52. The highest BCUT2D eigenvalue weighted by Gasteiger charge is 2.33. The highest BCUT2D eigenvalue weighted by Crippen LogP contribution is 2.28. The average molecular weight is 377 g/mol. The van der Waals surface area contributed by atoms with Gasteiger partial charge < -0.3 is 15.1 Å². The van der Waals surface area contributed by atoms with Gasteiger partial charge in [-0.3, -0.25) is 14.4 Å². The van der Waals surface area contributed by atoms with E-state index in [1.54, 1.807) is 15.9 Å². The smallest absolute Gasteiger partial charge is 0.252 e. The molecule has 0 aromatic heterocycles. The molecule has 0 bridgehead atoms. The van der Waals surface area contributed by atoms with E-state index in [1.165, 1.54) is 0 Å². The summed E-state index contributed by atoms with van der Waals surface area (Å²) in [5.41, 5.74) is 4.57. The van der Waals surface area contributed by atoms with Crippen molar-refractivity contribution in [1.82, 2.24) is 10.2 Å². The third kappa shape index (κ3) is 3.38. The Morgan fingerprint density at radius 1 is 1.07 bits per heavy atom. The molecule has 144 valence electrons. The zero-order chi connectivity index (χ0) is 19.8. The van der Waals surface area contributed by atoms with E-state index in [0.29, 0.717) is 18.7 Å². The van der Waals surface area contributed by atoms with Crippen LogP contribution in [0.25, 0.3) is 0 Å². The maximum atomic E-state index is 12.8. The molecular formula is C22H23N3O3. The fourth-order valence-electron chi connectivity index (χ4n) is 4.05. The Morgan fingerprint density at radius 2 is 1.79 bits per heavy atom. The van der Waals surface area contributed by atoms with Crippen LogP contribution in [0, 0.1) is 13.8 Å². The van der Waals surface area contributed by atoms with E-state index in [4.69, 9.17) is 0 Å². The largest absolute Gasteiger partial charge is 0.345 e. The summed E-state index contributed by atoms with van der Waals surface area (Å²) >= 11 is 0. The molecule has 0 saturated carbocycles. The molecule has 6 nitrogen and oxygen atoms in total. The zero-order valence-electron chi connectivity index (χ0n) is 16.1. The minimum Gasteiger partial charge on any atom is -0.345 e. The number of amides is 3. The SMILES string of the molecule is Cc1cc(C)cc(N2CCN(C(=O)C[C@@H]3NC(=O)c4ccccc43)CC2=O)c1. The van der Waals surface area contributed by atoms with E-state index >= 15 is 0 Å². The highest BCUT2D eigenvalue weighted by molar-refractivity contribution is 6.00. The number of aryl methyl sites for hydroxylation is 2. The van der Waals surface area contributed by atoms with Crippen LogP contribution >= 0.6 is 0 Å². The van der Waals surface area contributed by atoms with Gasteiger partial charge in [0, 0.05) is 24.3 Å². The van der Waals surface area contributed by atoms with Gasteiger partial charge in [-0.15, -0.1) is 0 Å². The molecule has 1 N–H and O–H groups in total. The van der Waals surface area contributed by atoms with Gasteiger partial charge in [0.05, 0.1) is 12.5 Å². The summed E-state index contributed by atoms with van der Waals surface area (Å²) < 4.78 is 0. The lowest BCUT2D eigenvalue weighted by Gasteiger charge is -2.35. The molecule has 4 rings (SSSR count). The fraction of sp³-hybridized carbons (Fsp3) is 0.318. The van der Waals surface area contributed by atoms with Crippen LogP contribution in [0.2, 0.25) is 0 Å². The van der Waals surface area contributed by atoms with E-state index < -0.39 is 0 Å². The summed E-state index contributed by atoms with van der Waals surface area (Å²) in [6, 6.07) is 13.0. The molecule has 2 heterocycles. The molecule has 0 radical (unpaired) electrons. The van der Waals surface area contributed by atoms with Gasteiger partial charge in [-0.2, -0.15) is 0 Å². The number of nitrogens with one attached hydrogen (secondary N) is 1. The normalized spacial score (nSPS) is 18.9. The van der Waals surface area contributed by atoms with Crippen molar-refractivity contribution in [2.75, 3.05) is 24.5 Å². The molecule has 1 atom stereocenters. The lowest BCUT2D eigenvalue weighted by Crippen LogP contribution is -2.52. The third-order valence-corrected chi connectivity index (χ3v) is 5.36. The number of nitrogens with zero attached hydrogens (tertiary/aromatic N) is 2. The third-order valence-electron chi connectivity index (χ3n) is 5.36. The summed E-state index contributed by atoms with van der Waals surface area (Å²) in [6.45, 7) is 5.04. The van der Waals surface area contributed by atoms with Crippen LogP contribution in [0.3, 0.4) is 0 Å². The monoisotopic (exact) mass is 377 g/mol. The van der Waals surface area contributed by atoms with Crippen LogP contribution in [0.5, 0.6) is 0 Å². The van der Waals surface area contributed by atoms with Crippen LogP contribution in [0.4, 0.5) is 5.69 Å². The van der Waals surface area contributed by atoms with Crippen molar-refractivity contribution in [3.8, 4) is 0 Å². The quantitative estimate of drug-likeness (QED) is 0.893. The first-order chi connectivity index (χ1) is 13.4. The molecule has 2 aromatic carbocycles. The summed E-state index contributed by atoms with van der Waals surface area (Å²) in [6.07, 6.45) is 0.166. The predicted molar refractivity (Wildman–Crippen MR) is 106 cm³/mol. The molecule has 0 unspecified atom stereocenters. The number of rotatable bonds is 3. The number of anilines is 1. The van der Waals surface area contributed by atoms with Crippen LogP contribution < -0.4 is 10.2 Å². The van der Waals surface area contributed by atoms with Crippen LogP contribution in [-0.4, -0.2) is 42.3 Å². The number of hydrogen-bond acceptors (Lipinski definition) is 3. The van der Waals surface area contributed by atoms with Crippen molar-refractivity contribution in [3.05, 3.63) is 64.7 Å². The number of hydrogen-bond donors (Lipinski definition) is 1. The molecule has 2 aromatic rings. The number of carbonyl (C=O) groups is 3. The first kappa shape index (κ1) is 18.2. The van der Waals surface area contributed by atoms with Gasteiger partial charge in [0.15, 0.2) is 0 Å². The van der Waals surface area contributed by atoms with Crippen molar-refractivity contribution in [3.63, 3.8) is 0 Å². The molecule has 0 aliphatic carbocycles. The van der Waals surface area contributed by atoms with Crippen molar-refractivity contribution >= 4 is 23.4 Å². The van der Waals surface area contributed by atoms with E-state index in [0.717, 1.165) is 22.4 Å². The molecule has 28 heavy (non-hydrogen) atoms. The lowest BCUT2D eigenvalue weighted by atomic mass is 10.0. The molecule has 3 amide bonds. The van der Waals surface area contributed by atoms with Crippen molar-refractivity contribution in [2.24, 2.45) is 0 Å². The Hall–Kier alpha value is -3.15. The minimum absolute atomic E-state index is 0.0636. The molecule has 1 fully saturated rings. The van der Waals surface area contributed by atoms with E-state index in [2.05, 4.69) is 11.4 Å². The highest BCUT2D eigenvalue weighted by atomic mass is 16.2. The zero-order valence-corrected chi connectivity index (χ0v) is 16.1. The van der Waals surface area contributed by atoms with Gasteiger partial charge in [0.2, 0.25) is 11.8 Å². The first-order valence-corrected chi connectivity index (χ1v) is 9.48. The van der Waals surface area contributed by atoms with Crippen molar-refractivity contribution in [2.45, 2.75) is 26.3 Å². The summed E-state index contributed by atoms with van der Waals surface area (Å²) in [5, 5.41) is 2.87. The molecule has 0 spiro atoms. The molecular weight excluding hydrogens is 354 g/mol. The number of carbonyl (C=O) groups excluding carboxylic acids is 3. The minimum atomic E-state index is -0.330. The van der Waals surface area contributed by atoms with Crippen LogP contribution in [-0.2, 0) is 9.59 Å². The van der Waals surface area contributed by atoms with Crippen molar-refractivity contribution in [1.29, 1.82) is 0 Å². The van der Waals surface area contributed by atoms with Gasteiger partial charge in [-0.25, -0.2) is 0 Å². The second-order valence-electron chi connectivity index (χ2n) is 7.52. The first-order valence-electron chi connectivity index (χ1n) is 9.48. The summed E-state index contributed by atoms with van der Waals surface area (Å²) in [4.78, 5) is 40.8. The van der Waals surface area contributed by atoms with Gasteiger partial charge in [0.25, 0.3) is 5.91 Å². The van der Waals surface area contributed by atoms with Crippen molar-refractivity contribution < 1.29 is 14.4 Å². The van der Waals surface area contributed by atoms with Crippen LogP contribution in [0.1, 0.15) is 39.5 Å². The lowest BCUT2D eigenvalue weighted by molar-refractivity contribution is -0.137. The Morgan fingerprint density at radius 3 is 2.50 bits per heavy atom. The van der Waals surface area contributed by atoms with E-state index in [9.17, 15) is 14.4 Å². The predicted octanol–water partition coefficient (Wildman–Crippen LogP) is 2.35. The van der Waals surface area contributed by atoms with Gasteiger partial charge in [0.1, 0.15) is 6.54 Å². The van der Waals surface area contributed by atoms with E-state index in [1.807, 2.05) is 44.2 Å². The maximum Gasteiger partial charge on any atom is 0.252 e. The molecule has 6 heteroatoms. The Kier molecular flexibility index (Phi) is 4.63. The topological polar surface area (TPSA) is 69.7 Å². The average Bonchev–Trinajstić information content (AvgIpc) is 2.97. The van der Waals surface area contributed by atoms with Gasteiger partial charge in [-0.05, 0) is 48.7 Å². The number of fused-ring (bicyclic) bond motifs is 1. The fourth-order valence-corrected chi connectivity index (χ4v) is 4.05. The Labute approximate surface area is 164 Å². The molecule has 1 saturated heterocycles. The summed E-state index contributed by atoms with van der Waals surface area (Å²) in [5.74, 6) is -0.347. The van der Waals surface area contributed by atoms with E-state index in [-0.39, 0.29) is 36.7 Å². The second kappa shape index (κ2) is 7.11. The maximum absolute atomic E-state index is 12.8. The molecule has 2 aliphatic heterocycles. The van der Waals surface area contributed by atoms with Gasteiger partial charge >= 0.3 is 0 Å². The Balaban J connectivity index is 1.43. The number of piperazine rings is 1. The number of benzene rings is 2. The van der Waals surface area contributed by atoms with Crippen LogP contribution in [0.15, 0.2) is 42.5 Å². The molecule has 2 aliphatic rings. The summed E-state index contributed by atoms with van der Waals surface area (Å²) in [7, 11) is 0. The van der Waals surface area contributed by atoms with Gasteiger partial charge in [-0.1, -0.05) is 24.3 Å². The Bertz CT molecular complexity index is 949. The standard InChI is InChI=1S/C22H23N3O3/c1-14-9-15(2)11-16(10-14)25-8-7-24(13-21(25)27)20(26)12-19-17-5-3-4-6-18(17)22(28)23-19/h3-6,9-11,19H,7-8,12-13H2,1-2H3,(H,23,28)/t19-/m0/s1.